The normalized spacial score (nSPS) is 33.0. The van der Waals surface area contributed by atoms with E-state index in [0.29, 0.717) is 17.4 Å². The molecular formula is C17H23NO3. The highest BCUT2D eigenvalue weighted by atomic mass is 16.5. The fourth-order valence-corrected chi connectivity index (χ4v) is 4.13. The number of rotatable bonds is 3. The Morgan fingerprint density at radius 1 is 1.33 bits per heavy atom. The van der Waals surface area contributed by atoms with Crippen molar-refractivity contribution in [1.29, 1.82) is 0 Å². The van der Waals surface area contributed by atoms with Crippen LogP contribution in [0.1, 0.15) is 50.4 Å². The Bertz CT molecular complexity index is 552. The highest BCUT2D eigenvalue weighted by Crippen LogP contribution is 2.66. The summed E-state index contributed by atoms with van der Waals surface area (Å²) in [6, 6.07) is 3.39. The first-order valence-corrected chi connectivity index (χ1v) is 7.59. The van der Waals surface area contributed by atoms with Crippen LogP contribution < -0.4 is 4.74 Å². The van der Waals surface area contributed by atoms with Crippen LogP contribution in [0.25, 0.3) is 0 Å². The number of methoxy groups -OCH3 is 1. The summed E-state index contributed by atoms with van der Waals surface area (Å²) in [5.41, 5.74) is 0.823. The van der Waals surface area contributed by atoms with Crippen molar-refractivity contribution in [2.45, 2.75) is 46.1 Å². The van der Waals surface area contributed by atoms with E-state index in [-0.39, 0.29) is 22.9 Å². The molecule has 4 nitrogen and oxygen atoms in total. The standard InChI is InChI=1S/C17H23NO3/c1-16(2)12-7-8-17(16,3)13(9-12)21-15(19)11-5-6-14(20-4)18-10-11/h5-6,10,12-13H,7-9H2,1-4H3. The second kappa shape index (κ2) is 4.72. The second-order valence-electron chi connectivity index (χ2n) is 7.09. The van der Waals surface area contributed by atoms with E-state index in [1.165, 1.54) is 12.6 Å². The molecule has 1 aromatic rings. The molecule has 2 aliphatic rings. The zero-order valence-corrected chi connectivity index (χ0v) is 13.2. The number of aromatic nitrogens is 1. The number of ether oxygens (including phenoxy) is 2. The molecule has 0 spiro atoms. The van der Waals surface area contributed by atoms with Gasteiger partial charge in [0.15, 0.2) is 0 Å². The molecule has 3 rings (SSSR count). The molecule has 2 saturated carbocycles. The Labute approximate surface area is 125 Å². The summed E-state index contributed by atoms with van der Waals surface area (Å²) in [6.07, 6.45) is 4.91. The third-order valence-corrected chi connectivity index (χ3v) is 6.14. The van der Waals surface area contributed by atoms with E-state index < -0.39 is 0 Å². The van der Waals surface area contributed by atoms with Gasteiger partial charge < -0.3 is 9.47 Å². The number of fused-ring (bicyclic) bond motifs is 2. The molecule has 114 valence electrons. The quantitative estimate of drug-likeness (QED) is 0.800. The summed E-state index contributed by atoms with van der Waals surface area (Å²) in [5, 5.41) is 0. The highest BCUT2D eigenvalue weighted by Gasteiger charge is 2.62. The molecule has 2 fully saturated rings. The Morgan fingerprint density at radius 3 is 2.57 bits per heavy atom. The molecule has 4 heteroatoms. The maximum Gasteiger partial charge on any atom is 0.339 e. The van der Waals surface area contributed by atoms with E-state index in [1.54, 1.807) is 19.2 Å². The minimum atomic E-state index is -0.278. The van der Waals surface area contributed by atoms with Crippen LogP contribution in [0.15, 0.2) is 18.3 Å². The maximum atomic E-state index is 12.3. The number of hydrogen-bond donors (Lipinski definition) is 0. The third-order valence-electron chi connectivity index (χ3n) is 6.14. The van der Waals surface area contributed by atoms with Crippen LogP contribution in [0.2, 0.25) is 0 Å². The molecule has 1 heterocycles. The number of esters is 1. The van der Waals surface area contributed by atoms with Gasteiger partial charge in [-0.2, -0.15) is 0 Å². The summed E-state index contributed by atoms with van der Waals surface area (Å²) in [6.45, 7) is 6.89. The molecule has 2 bridgehead atoms. The summed E-state index contributed by atoms with van der Waals surface area (Å²) in [7, 11) is 1.55. The van der Waals surface area contributed by atoms with Gasteiger partial charge in [0, 0.05) is 17.7 Å². The smallest absolute Gasteiger partial charge is 0.339 e. The highest BCUT2D eigenvalue weighted by molar-refractivity contribution is 5.89. The van der Waals surface area contributed by atoms with E-state index in [2.05, 4.69) is 25.8 Å². The lowest BCUT2D eigenvalue weighted by Crippen LogP contribution is -2.38. The SMILES string of the molecule is COc1ccc(C(=O)OC2CC3CCC2(C)C3(C)C)cn1. The summed E-state index contributed by atoms with van der Waals surface area (Å²) in [4.78, 5) is 16.4. The number of carbonyl (C=O) groups excluding carboxylic acids is 1. The molecule has 2 aliphatic carbocycles. The Morgan fingerprint density at radius 2 is 2.10 bits per heavy atom. The van der Waals surface area contributed by atoms with Crippen LogP contribution in [0.5, 0.6) is 5.88 Å². The van der Waals surface area contributed by atoms with Crippen molar-refractivity contribution in [3.8, 4) is 5.88 Å². The minimum absolute atomic E-state index is 0.0147. The Hall–Kier alpha value is -1.58. The van der Waals surface area contributed by atoms with E-state index in [4.69, 9.17) is 9.47 Å². The van der Waals surface area contributed by atoms with Crippen LogP contribution in [0, 0.1) is 16.7 Å². The van der Waals surface area contributed by atoms with Crippen molar-refractivity contribution in [2.24, 2.45) is 16.7 Å². The summed E-state index contributed by atoms with van der Waals surface area (Å²) < 4.78 is 10.8. The topological polar surface area (TPSA) is 48.4 Å². The van der Waals surface area contributed by atoms with Gasteiger partial charge in [-0.05, 0) is 36.7 Å². The van der Waals surface area contributed by atoms with Gasteiger partial charge in [0.05, 0.1) is 12.7 Å². The first-order chi connectivity index (χ1) is 9.88. The maximum absolute atomic E-state index is 12.3. The van der Waals surface area contributed by atoms with Gasteiger partial charge in [-0.3, -0.25) is 0 Å². The summed E-state index contributed by atoms with van der Waals surface area (Å²) >= 11 is 0. The van der Waals surface area contributed by atoms with Crippen LogP contribution in [-0.2, 0) is 4.74 Å². The molecule has 0 radical (unpaired) electrons. The first-order valence-electron chi connectivity index (χ1n) is 7.59. The van der Waals surface area contributed by atoms with Crippen molar-refractivity contribution in [2.75, 3.05) is 7.11 Å². The van der Waals surface area contributed by atoms with Gasteiger partial charge in [0.25, 0.3) is 0 Å². The number of pyridine rings is 1. The van der Waals surface area contributed by atoms with Gasteiger partial charge in [-0.1, -0.05) is 20.8 Å². The molecule has 1 aromatic heterocycles. The third kappa shape index (κ3) is 2.03. The predicted molar refractivity (Wildman–Crippen MR) is 79.2 cm³/mol. The fourth-order valence-electron chi connectivity index (χ4n) is 4.13. The molecule has 3 unspecified atom stereocenters. The molecule has 0 N–H and O–H groups in total. The molecule has 3 atom stereocenters. The summed E-state index contributed by atoms with van der Waals surface area (Å²) in [5.74, 6) is 0.883. The molecule has 0 amide bonds. The van der Waals surface area contributed by atoms with Gasteiger partial charge in [-0.25, -0.2) is 9.78 Å². The lowest BCUT2D eigenvalue weighted by molar-refractivity contribution is -0.0242. The molecule has 21 heavy (non-hydrogen) atoms. The fraction of sp³-hybridized carbons (Fsp3) is 0.647. The second-order valence-corrected chi connectivity index (χ2v) is 7.09. The van der Waals surface area contributed by atoms with Crippen LogP contribution in [0.3, 0.4) is 0 Å². The lowest BCUT2D eigenvalue weighted by Gasteiger charge is -2.38. The lowest BCUT2D eigenvalue weighted by atomic mass is 9.70. The Balaban J connectivity index is 1.74. The predicted octanol–water partition coefficient (Wildman–Crippen LogP) is 3.46. The monoisotopic (exact) mass is 289 g/mol. The zero-order valence-electron chi connectivity index (χ0n) is 13.2. The Kier molecular flexibility index (Phi) is 3.23. The van der Waals surface area contributed by atoms with Crippen molar-refractivity contribution < 1.29 is 14.3 Å². The average Bonchev–Trinajstić information content (AvgIpc) is 2.80. The minimum Gasteiger partial charge on any atom is -0.481 e. The van der Waals surface area contributed by atoms with E-state index in [9.17, 15) is 4.79 Å². The van der Waals surface area contributed by atoms with Crippen molar-refractivity contribution >= 4 is 5.97 Å². The van der Waals surface area contributed by atoms with Crippen LogP contribution in [0.4, 0.5) is 0 Å². The largest absolute Gasteiger partial charge is 0.481 e. The number of nitrogens with zero attached hydrogens (tertiary/aromatic N) is 1. The van der Waals surface area contributed by atoms with E-state index in [1.807, 2.05) is 0 Å². The zero-order chi connectivity index (χ0) is 15.3. The molecule has 0 aliphatic heterocycles. The van der Waals surface area contributed by atoms with Gasteiger partial charge in [-0.15, -0.1) is 0 Å². The average molecular weight is 289 g/mol. The van der Waals surface area contributed by atoms with Gasteiger partial charge >= 0.3 is 5.97 Å². The molecular weight excluding hydrogens is 266 g/mol. The van der Waals surface area contributed by atoms with Gasteiger partial charge in [0.1, 0.15) is 6.10 Å². The van der Waals surface area contributed by atoms with Gasteiger partial charge in [0.2, 0.25) is 5.88 Å². The van der Waals surface area contributed by atoms with Crippen molar-refractivity contribution in [3.05, 3.63) is 23.9 Å². The first kappa shape index (κ1) is 14.4. The number of hydrogen-bond acceptors (Lipinski definition) is 4. The molecule has 0 aromatic carbocycles. The number of carbonyl (C=O) groups is 1. The van der Waals surface area contributed by atoms with Crippen molar-refractivity contribution in [1.82, 2.24) is 4.98 Å². The van der Waals surface area contributed by atoms with E-state index >= 15 is 0 Å². The van der Waals surface area contributed by atoms with Crippen LogP contribution >= 0.6 is 0 Å². The van der Waals surface area contributed by atoms with E-state index in [0.717, 1.165) is 12.8 Å². The van der Waals surface area contributed by atoms with Crippen LogP contribution in [-0.4, -0.2) is 24.2 Å². The molecule has 0 saturated heterocycles. The van der Waals surface area contributed by atoms with Crippen molar-refractivity contribution in [3.63, 3.8) is 0 Å².